The molecule has 6 nitrogen and oxygen atoms in total. The van der Waals surface area contributed by atoms with Gasteiger partial charge in [0.2, 0.25) is 5.82 Å². The Morgan fingerprint density at radius 1 is 1.47 bits per heavy atom. The van der Waals surface area contributed by atoms with E-state index >= 15 is 0 Å². The third-order valence-corrected chi connectivity index (χ3v) is 2.77. The second-order valence-electron chi connectivity index (χ2n) is 3.94. The zero-order valence-corrected chi connectivity index (χ0v) is 10.6. The summed E-state index contributed by atoms with van der Waals surface area (Å²) in [7, 11) is 0. The van der Waals surface area contributed by atoms with Crippen molar-refractivity contribution in [2.45, 2.75) is 39.7 Å². The number of H-pyrrole nitrogens is 1. The Balaban J connectivity index is 2.86. The van der Waals surface area contributed by atoms with Crippen LogP contribution in [0.2, 0.25) is 0 Å². The summed E-state index contributed by atoms with van der Waals surface area (Å²) in [5.74, 6) is 0.557. The highest BCUT2D eigenvalue weighted by molar-refractivity contribution is 5.90. The lowest BCUT2D eigenvalue weighted by Gasteiger charge is -2.28. The van der Waals surface area contributed by atoms with E-state index in [0.717, 1.165) is 12.8 Å². The van der Waals surface area contributed by atoms with Gasteiger partial charge in [0.1, 0.15) is 5.82 Å². The molecule has 0 aliphatic carbocycles. The van der Waals surface area contributed by atoms with E-state index in [1.807, 2.05) is 13.8 Å². The molecule has 0 radical (unpaired) electrons. The average Bonchev–Trinajstić information content (AvgIpc) is 2.75. The Bertz CT molecular complexity index is 360. The van der Waals surface area contributed by atoms with Crippen molar-refractivity contribution in [1.82, 2.24) is 20.1 Å². The first-order valence-electron chi connectivity index (χ1n) is 5.94. The highest BCUT2D eigenvalue weighted by atomic mass is 16.3. The van der Waals surface area contributed by atoms with Crippen LogP contribution in [0.4, 0.5) is 0 Å². The summed E-state index contributed by atoms with van der Waals surface area (Å²) in [5.41, 5.74) is 0. The zero-order valence-electron chi connectivity index (χ0n) is 10.6. The van der Waals surface area contributed by atoms with Crippen molar-refractivity contribution in [2.24, 2.45) is 0 Å². The molecule has 1 rings (SSSR count). The topological polar surface area (TPSA) is 82.1 Å². The predicted molar refractivity (Wildman–Crippen MR) is 63.6 cm³/mol. The van der Waals surface area contributed by atoms with Gasteiger partial charge >= 0.3 is 0 Å². The van der Waals surface area contributed by atoms with Gasteiger partial charge in [0.05, 0.1) is 6.61 Å². The molecular weight excluding hydrogens is 220 g/mol. The molecule has 1 aromatic heterocycles. The first-order chi connectivity index (χ1) is 8.13. The molecular formula is C11H20N4O2. The van der Waals surface area contributed by atoms with Crippen LogP contribution in [0.15, 0.2) is 0 Å². The predicted octanol–water partition coefficient (Wildman–Crippen LogP) is 0.736. The van der Waals surface area contributed by atoms with E-state index in [-0.39, 0.29) is 24.4 Å². The van der Waals surface area contributed by atoms with Crippen molar-refractivity contribution in [3.05, 3.63) is 11.6 Å². The Morgan fingerprint density at radius 2 is 2.12 bits per heavy atom. The fraction of sp³-hybridized carbons (Fsp3) is 0.727. The van der Waals surface area contributed by atoms with E-state index in [9.17, 15) is 4.79 Å². The number of hydrogen-bond acceptors (Lipinski definition) is 4. The van der Waals surface area contributed by atoms with Gasteiger partial charge < -0.3 is 10.0 Å². The standard InChI is InChI=1S/C11H20N4O2/c1-4-9(5-2)15(6-7-16)11(17)10-12-8(3)13-14-10/h9,16H,4-7H2,1-3H3,(H,12,13,14). The first kappa shape index (κ1) is 13.6. The van der Waals surface area contributed by atoms with Gasteiger partial charge in [-0.25, -0.2) is 4.98 Å². The van der Waals surface area contributed by atoms with Crippen molar-refractivity contribution in [3.8, 4) is 0 Å². The lowest BCUT2D eigenvalue weighted by Crippen LogP contribution is -2.42. The molecule has 0 saturated carbocycles. The van der Waals surface area contributed by atoms with Gasteiger partial charge in [-0.3, -0.25) is 9.89 Å². The maximum atomic E-state index is 12.2. The average molecular weight is 240 g/mol. The van der Waals surface area contributed by atoms with Crippen LogP contribution >= 0.6 is 0 Å². The van der Waals surface area contributed by atoms with Crippen LogP contribution in [-0.2, 0) is 0 Å². The van der Waals surface area contributed by atoms with Gasteiger partial charge in [-0.2, -0.15) is 0 Å². The molecule has 1 heterocycles. The van der Waals surface area contributed by atoms with Crippen molar-refractivity contribution in [2.75, 3.05) is 13.2 Å². The number of aliphatic hydroxyl groups is 1. The Labute approximate surface area is 101 Å². The summed E-state index contributed by atoms with van der Waals surface area (Å²) in [4.78, 5) is 17.8. The largest absolute Gasteiger partial charge is 0.395 e. The Morgan fingerprint density at radius 3 is 2.53 bits per heavy atom. The summed E-state index contributed by atoms with van der Waals surface area (Å²) in [6.45, 7) is 6.06. The number of aryl methyl sites for hydroxylation is 1. The van der Waals surface area contributed by atoms with Crippen molar-refractivity contribution >= 4 is 5.91 Å². The number of aliphatic hydroxyl groups excluding tert-OH is 1. The van der Waals surface area contributed by atoms with E-state index < -0.39 is 0 Å². The number of rotatable bonds is 6. The third kappa shape index (κ3) is 3.26. The van der Waals surface area contributed by atoms with E-state index in [0.29, 0.717) is 12.4 Å². The smallest absolute Gasteiger partial charge is 0.293 e. The van der Waals surface area contributed by atoms with Gasteiger partial charge in [0, 0.05) is 12.6 Å². The number of carbonyl (C=O) groups excluding carboxylic acids is 1. The second kappa shape index (κ2) is 6.34. The maximum Gasteiger partial charge on any atom is 0.293 e. The van der Waals surface area contributed by atoms with Crippen molar-refractivity contribution in [1.29, 1.82) is 0 Å². The number of amides is 1. The second-order valence-corrected chi connectivity index (χ2v) is 3.94. The molecule has 0 bridgehead atoms. The molecule has 0 saturated heterocycles. The molecule has 0 fully saturated rings. The third-order valence-electron chi connectivity index (χ3n) is 2.77. The van der Waals surface area contributed by atoms with E-state index in [4.69, 9.17) is 5.11 Å². The van der Waals surface area contributed by atoms with Gasteiger partial charge in [-0.05, 0) is 19.8 Å². The molecule has 2 N–H and O–H groups in total. The molecule has 17 heavy (non-hydrogen) atoms. The number of aromatic amines is 1. The summed E-state index contributed by atoms with van der Waals surface area (Å²) in [6.07, 6.45) is 1.71. The van der Waals surface area contributed by atoms with Crippen molar-refractivity contribution in [3.63, 3.8) is 0 Å². The monoisotopic (exact) mass is 240 g/mol. The summed E-state index contributed by atoms with van der Waals surface area (Å²) < 4.78 is 0. The molecule has 0 aromatic carbocycles. The van der Waals surface area contributed by atoms with Gasteiger partial charge in [0.15, 0.2) is 0 Å². The molecule has 0 aliphatic rings. The van der Waals surface area contributed by atoms with E-state index in [2.05, 4.69) is 15.2 Å². The summed E-state index contributed by atoms with van der Waals surface area (Å²) in [5, 5.41) is 15.5. The number of nitrogens with zero attached hydrogens (tertiary/aromatic N) is 3. The van der Waals surface area contributed by atoms with Crippen LogP contribution in [0.1, 0.15) is 43.1 Å². The minimum absolute atomic E-state index is 0.0500. The molecule has 0 atom stereocenters. The van der Waals surface area contributed by atoms with Gasteiger partial charge in [-0.15, -0.1) is 5.10 Å². The normalized spacial score (nSPS) is 10.9. The molecule has 0 aliphatic heterocycles. The number of carbonyl (C=O) groups is 1. The van der Waals surface area contributed by atoms with Crippen LogP contribution < -0.4 is 0 Å². The zero-order chi connectivity index (χ0) is 12.8. The van der Waals surface area contributed by atoms with Gasteiger partial charge in [-0.1, -0.05) is 13.8 Å². The van der Waals surface area contributed by atoms with Crippen LogP contribution in [0.5, 0.6) is 0 Å². The fourth-order valence-electron chi connectivity index (χ4n) is 1.85. The number of nitrogens with one attached hydrogen (secondary N) is 1. The molecule has 1 aromatic rings. The fourth-order valence-corrected chi connectivity index (χ4v) is 1.85. The molecule has 0 unspecified atom stereocenters. The lowest BCUT2D eigenvalue weighted by molar-refractivity contribution is 0.0610. The van der Waals surface area contributed by atoms with Gasteiger partial charge in [0.25, 0.3) is 5.91 Å². The van der Waals surface area contributed by atoms with Crippen molar-refractivity contribution < 1.29 is 9.90 Å². The summed E-state index contributed by atoms with van der Waals surface area (Å²) in [6, 6.07) is 0.119. The molecule has 96 valence electrons. The minimum atomic E-state index is -0.225. The van der Waals surface area contributed by atoms with Crippen LogP contribution in [0, 0.1) is 6.92 Å². The van der Waals surface area contributed by atoms with E-state index in [1.165, 1.54) is 0 Å². The first-order valence-corrected chi connectivity index (χ1v) is 5.94. The van der Waals surface area contributed by atoms with Crippen LogP contribution in [0.3, 0.4) is 0 Å². The highest BCUT2D eigenvalue weighted by Gasteiger charge is 2.24. The quantitative estimate of drug-likeness (QED) is 0.768. The molecule has 6 heteroatoms. The SMILES string of the molecule is CCC(CC)N(CCO)C(=O)c1n[nH]c(C)n1. The molecule has 0 spiro atoms. The minimum Gasteiger partial charge on any atom is -0.395 e. The van der Waals surface area contributed by atoms with Crippen LogP contribution in [0.25, 0.3) is 0 Å². The lowest BCUT2D eigenvalue weighted by atomic mass is 10.1. The molecule has 1 amide bonds. The van der Waals surface area contributed by atoms with E-state index in [1.54, 1.807) is 11.8 Å². The Hall–Kier alpha value is -1.43. The number of hydrogen-bond donors (Lipinski definition) is 2. The maximum absolute atomic E-state index is 12.2. The highest BCUT2D eigenvalue weighted by Crippen LogP contribution is 2.11. The number of aromatic nitrogens is 3. The summed E-state index contributed by atoms with van der Waals surface area (Å²) >= 11 is 0. The van der Waals surface area contributed by atoms with Crippen LogP contribution in [-0.4, -0.2) is 50.3 Å². The Kier molecular flexibility index (Phi) is 5.09.